The van der Waals surface area contributed by atoms with E-state index in [-0.39, 0.29) is 16.6 Å². The summed E-state index contributed by atoms with van der Waals surface area (Å²) >= 11 is 18.1. The van der Waals surface area contributed by atoms with Crippen LogP contribution in [0.3, 0.4) is 0 Å². The number of nitrogens with zero attached hydrogens (tertiary/aromatic N) is 1. The van der Waals surface area contributed by atoms with Crippen LogP contribution in [-0.4, -0.2) is 17.7 Å². The Balaban J connectivity index is 1.50. The molecule has 166 valence electrons. The Labute approximate surface area is 204 Å². The summed E-state index contributed by atoms with van der Waals surface area (Å²) in [5, 5.41) is 6.38. The molecule has 4 rings (SSSR count). The molecule has 0 aromatic heterocycles. The maximum Gasteiger partial charge on any atom is 0.283 e. The second-order valence-corrected chi connectivity index (χ2v) is 8.48. The Kier molecular flexibility index (Phi) is 6.42. The summed E-state index contributed by atoms with van der Waals surface area (Å²) in [6.07, 6.45) is 0. The summed E-state index contributed by atoms with van der Waals surface area (Å²) in [5.41, 5.74) is 2.50. The molecule has 33 heavy (non-hydrogen) atoms. The van der Waals surface area contributed by atoms with Crippen molar-refractivity contribution in [3.63, 3.8) is 0 Å². The minimum absolute atomic E-state index is 0.0561. The summed E-state index contributed by atoms with van der Waals surface area (Å²) in [7, 11) is 0. The number of hydrogen-bond acceptors (Lipinski definition) is 4. The Bertz CT molecular complexity index is 1300. The summed E-state index contributed by atoms with van der Waals surface area (Å²) in [6.45, 7) is 1.76. The zero-order valence-electron chi connectivity index (χ0n) is 17.2. The van der Waals surface area contributed by atoms with E-state index >= 15 is 0 Å². The number of anilines is 3. The summed E-state index contributed by atoms with van der Waals surface area (Å²) in [6, 6.07) is 18.1. The number of halogens is 3. The van der Waals surface area contributed by atoms with Crippen LogP contribution in [0.25, 0.3) is 0 Å². The van der Waals surface area contributed by atoms with Crippen molar-refractivity contribution in [1.82, 2.24) is 0 Å². The number of aryl methyl sites for hydroxylation is 1. The van der Waals surface area contributed by atoms with Crippen molar-refractivity contribution >= 4 is 69.6 Å². The lowest BCUT2D eigenvalue weighted by Gasteiger charge is -2.17. The number of hydrogen-bond donors (Lipinski definition) is 2. The normalized spacial score (nSPS) is 13.5. The smallest absolute Gasteiger partial charge is 0.283 e. The van der Waals surface area contributed by atoms with Gasteiger partial charge < -0.3 is 10.6 Å². The van der Waals surface area contributed by atoms with E-state index < -0.39 is 11.8 Å². The van der Waals surface area contributed by atoms with Gasteiger partial charge in [0.2, 0.25) is 0 Å². The fourth-order valence-corrected chi connectivity index (χ4v) is 3.74. The molecule has 0 saturated heterocycles. The molecule has 1 heterocycles. The SMILES string of the molecule is Cc1ccc(Cl)cc1N1C(=O)C(Cl)=C(Nc2ccc(C(=O)Nc3ccc(Cl)cc3)cc2)C1=O. The predicted octanol–water partition coefficient (Wildman–Crippen LogP) is 5.99. The van der Waals surface area contributed by atoms with Crippen molar-refractivity contribution in [3.8, 4) is 0 Å². The fourth-order valence-electron chi connectivity index (χ4n) is 3.24. The third-order valence-corrected chi connectivity index (χ3v) is 5.80. The first-order valence-corrected chi connectivity index (χ1v) is 10.9. The molecule has 0 saturated carbocycles. The quantitative estimate of drug-likeness (QED) is 0.422. The largest absolute Gasteiger partial charge is 0.350 e. The lowest BCUT2D eigenvalue weighted by Crippen LogP contribution is -2.32. The summed E-state index contributed by atoms with van der Waals surface area (Å²) in [4.78, 5) is 39.1. The molecule has 0 radical (unpaired) electrons. The highest BCUT2D eigenvalue weighted by Gasteiger charge is 2.39. The fraction of sp³-hybridized carbons (Fsp3) is 0.0417. The number of amides is 3. The van der Waals surface area contributed by atoms with Gasteiger partial charge in [-0.3, -0.25) is 14.4 Å². The number of nitrogens with one attached hydrogen (secondary N) is 2. The van der Waals surface area contributed by atoms with Crippen LogP contribution < -0.4 is 15.5 Å². The Morgan fingerprint density at radius 1 is 0.788 bits per heavy atom. The minimum Gasteiger partial charge on any atom is -0.350 e. The van der Waals surface area contributed by atoms with E-state index in [0.717, 1.165) is 4.90 Å². The Morgan fingerprint density at radius 2 is 1.39 bits per heavy atom. The van der Waals surface area contributed by atoms with Crippen molar-refractivity contribution in [2.45, 2.75) is 6.92 Å². The van der Waals surface area contributed by atoms with Crippen molar-refractivity contribution in [2.75, 3.05) is 15.5 Å². The van der Waals surface area contributed by atoms with E-state index in [1.54, 1.807) is 67.6 Å². The highest BCUT2D eigenvalue weighted by atomic mass is 35.5. The lowest BCUT2D eigenvalue weighted by molar-refractivity contribution is -0.120. The molecule has 3 aromatic rings. The first-order valence-electron chi connectivity index (χ1n) is 9.73. The van der Waals surface area contributed by atoms with E-state index in [1.165, 1.54) is 6.07 Å². The van der Waals surface area contributed by atoms with Gasteiger partial charge in [-0.2, -0.15) is 0 Å². The van der Waals surface area contributed by atoms with Crippen molar-refractivity contribution in [1.29, 1.82) is 0 Å². The second-order valence-electron chi connectivity index (χ2n) is 7.23. The van der Waals surface area contributed by atoms with Crippen molar-refractivity contribution < 1.29 is 14.4 Å². The zero-order chi connectivity index (χ0) is 23.7. The maximum atomic E-state index is 13.0. The Morgan fingerprint density at radius 3 is 2.06 bits per heavy atom. The average molecular weight is 501 g/mol. The number of rotatable bonds is 5. The number of imide groups is 1. The van der Waals surface area contributed by atoms with Gasteiger partial charge in [-0.25, -0.2) is 4.90 Å². The van der Waals surface area contributed by atoms with Gasteiger partial charge in [0.25, 0.3) is 17.7 Å². The minimum atomic E-state index is -0.645. The topological polar surface area (TPSA) is 78.5 Å². The van der Waals surface area contributed by atoms with Gasteiger partial charge in [-0.15, -0.1) is 0 Å². The van der Waals surface area contributed by atoms with Gasteiger partial charge in [0, 0.05) is 27.0 Å². The molecule has 0 aliphatic carbocycles. The van der Waals surface area contributed by atoms with Crippen LogP contribution in [0.5, 0.6) is 0 Å². The van der Waals surface area contributed by atoms with Crippen LogP contribution in [-0.2, 0) is 9.59 Å². The summed E-state index contributed by atoms with van der Waals surface area (Å²) in [5.74, 6) is -1.55. The molecular formula is C24H16Cl3N3O3. The van der Waals surface area contributed by atoms with E-state index in [1.807, 2.05) is 0 Å². The van der Waals surface area contributed by atoms with Crippen molar-refractivity contribution in [2.24, 2.45) is 0 Å². The van der Waals surface area contributed by atoms with Crippen LogP contribution in [0.4, 0.5) is 17.1 Å². The zero-order valence-corrected chi connectivity index (χ0v) is 19.4. The third-order valence-electron chi connectivity index (χ3n) is 4.96. The number of carbonyl (C=O) groups is 3. The standard InChI is InChI=1S/C24H16Cl3N3O3/c1-13-2-5-16(26)12-19(13)30-23(32)20(27)21(24(30)33)28-17-8-3-14(4-9-17)22(31)29-18-10-6-15(25)7-11-18/h2-12,28H,1H3,(H,29,31). The molecule has 0 bridgehead atoms. The Hall–Kier alpha value is -3.32. The molecule has 0 fully saturated rings. The number of carbonyl (C=O) groups excluding carboxylic acids is 3. The van der Waals surface area contributed by atoms with Gasteiger partial charge >= 0.3 is 0 Å². The highest BCUT2D eigenvalue weighted by molar-refractivity contribution is 6.53. The summed E-state index contributed by atoms with van der Waals surface area (Å²) < 4.78 is 0. The van der Waals surface area contributed by atoms with Crippen LogP contribution >= 0.6 is 34.8 Å². The maximum absolute atomic E-state index is 13.0. The van der Waals surface area contributed by atoms with Crippen molar-refractivity contribution in [3.05, 3.63) is 98.6 Å². The molecule has 3 aromatic carbocycles. The van der Waals surface area contributed by atoms with Gasteiger partial charge in [0.1, 0.15) is 10.7 Å². The molecule has 0 atom stereocenters. The molecule has 9 heteroatoms. The van der Waals surface area contributed by atoms with Gasteiger partial charge in [-0.1, -0.05) is 40.9 Å². The van der Waals surface area contributed by atoms with Gasteiger partial charge in [0.15, 0.2) is 0 Å². The lowest BCUT2D eigenvalue weighted by atomic mass is 10.1. The molecular weight excluding hydrogens is 485 g/mol. The highest BCUT2D eigenvalue weighted by Crippen LogP contribution is 2.33. The van der Waals surface area contributed by atoms with E-state index in [2.05, 4.69) is 10.6 Å². The molecule has 0 unspecified atom stereocenters. The molecule has 1 aliphatic rings. The first-order chi connectivity index (χ1) is 15.7. The molecule has 1 aliphatic heterocycles. The van der Waals surface area contributed by atoms with Gasteiger partial charge in [-0.05, 0) is 73.2 Å². The van der Waals surface area contributed by atoms with Crippen LogP contribution in [0, 0.1) is 6.92 Å². The number of benzene rings is 3. The van der Waals surface area contributed by atoms with Crippen LogP contribution in [0.2, 0.25) is 10.0 Å². The van der Waals surface area contributed by atoms with E-state index in [9.17, 15) is 14.4 Å². The third kappa shape index (κ3) is 4.73. The van der Waals surface area contributed by atoms with Crippen LogP contribution in [0.1, 0.15) is 15.9 Å². The molecule has 0 spiro atoms. The van der Waals surface area contributed by atoms with Gasteiger partial charge in [0.05, 0.1) is 5.69 Å². The molecule has 6 nitrogen and oxygen atoms in total. The van der Waals surface area contributed by atoms with E-state index in [0.29, 0.717) is 38.2 Å². The first kappa shape index (κ1) is 22.9. The van der Waals surface area contributed by atoms with E-state index in [4.69, 9.17) is 34.8 Å². The second kappa shape index (κ2) is 9.27. The van der Waals surface area contributed by atoms with Crippen LogP contribution in [0.15, 0.2) is 77.5 Å². The predicted molar refractivity (Wildman–Crippen MR) is 131 cm³/mol. The molecule has 3 amide bonds. The monoisotopic (exact) mass is 499 g/mol. The average Bonchev–Trinajstić information content (AvgIpc) is 3.00. The molecule has 2 N–H and O–H groups in total.